The molecule has 9 heteroatoms. The molecule has 1 N–H and O–H groups in total. The number of thiazole rings is 1. The number of halogens is 1. The van der Waals surface area contributed by atoms with Crippen LogP contribution < -0.4 is 10.3 Å². The van der Waals surface area contributed by atoms with Crippen molar-refractivity contribution < 1.29 is 14.3 Å². The molecule has 7 nitrogen and oxygen atoms in total. The molecule has 1 amide bonds. The predicted molar refractivity (Wildman–Crippen MR) is 113 cm³/mol. The Bertz CT molecular complexity index is 1020. The van der Waals surface area contributed by atoms with Gasteiger partial charge in [0.2, 0.25) is 5.91 Å². The van der Waals surface area contributed by atoms with Crippen molar-refractivity contribution in [3.8, 4) is 0 Å². The Kier molecular flexibility index (Phi) is 7.00. The van der Waals surface area contributed by atoms with E-state index in [2.05, 4.69) is 16.6 Å². The summed E-state index contributed by atoms with van der Waals surface area (Å²) in [5.41, 5.74) is 3.64. The van der Waals surface area contributed by atoms with Gasteiger partial charge in [-0.15, -0.1) is 0 Å². The van der Waals surface area contributed by atoms with Crippen LogP contribution in [0.15, 0.2) is 46.3 Å². The van der Waals surface area contributed by atoms with Crippen molar-refractivity contribution in [2.45, 2.75) is 25.8 Å². The summed E-state index contributed by atoms with van der Waals surface area (Å²) in [5, 5.41) is 4.18. The number of hydrogen-bond donors (Lipinski definition) is 1. The largest absolute Gasteiger partial charge is 0.465 e. The van der Waals surface area contributed by atoms with Gasteiger partial charge < -0.3 is 4.74 Å². The van der Waals surface area contributed by atoms with E-state index in [0.717, 1.165) is 29.7 Å². The van der Waals surface area contributed by atoms with Crippen molar-refractivity contribution in [1.82, 2.24) is 9.99 Å². The summed E-state index contributed by atoms with van der Waals surface area (Å²) >= 11 is 7.28. The summed E-state index contributed by atoms with van der Waals surface area (Å²) in [6.07, 6.45) is 7.83. The lowest BCUT2D eigenvalue weighted by atomic mass is 9.94. The number of nitrogens with one attached hydrogen (secondary N) is 1. The van der Waals surface area contributed by atoms with Crippen molar-refractivity contribution in [3.63, 3.8) is 0 Å². The zero-order valence-corrected chi connectivity index (χ0v) is 17.3. The number of esters is 1. The van der Waals surface area contributed by atoms with E-state index in [1.54, 1.807) is 24.3 Å². The minimum Gasteiger partial charge on any atom is -0.465 e. The van der Waals surface area contributed by atoms with Crippen LogP contribution in [0.1, 0.15) is 40.1 Å². The number of methoxy groups -OCH3 is 1. The van der Waals surface area contributed by atoms with Gasteiger partial charge in [-0.3, -0.25) is 14.2 Å². The third kappa shape index (κ3) is 5.21. The van der Waals surface area contributed by atoms with Crippen LogP contribution in [0.5, 0.6) is 0 Å². The standard InChI is InChI=1S/C20H20ClN3O4S/c1-28-19(26)15-9-5-6-13(10-15)12-24-17(21)16(29-20(24)27)11-22-23-18(25)14-7-3-2-4-8-14/h2-3,5-6,9-11,14H,4,7-8,12H2,1H3,(H,23,25)/b22-11-/t14-/m0/s1. The zero-order valence-electron chi connectivity index (χ0n) is 15.8. The van der Waals surface area contributed by atoms with Crippen LogP contribution in [0.4, 0.5) is 0 Å². The minimum absolute atomic E-state index is 0.0851. The first-order chi connectivity index (χ1) is 14.0. The van der Waals surface area contributed by atoms with Crippen LogP contribution >= 0.6 is 22.9 Å². The predicted octanol–water partition coefficient (Wildman–Crippen LogP) is 3.20. The summed E-state index contributed by atoms with van der Waals surface area (Å²) in [5.74, 6) is -0.682. The fraction of sp³-hybridized carbons (Fsp3) is 0.300. The molecular weight excluding hydrogens is 414 g/mol. The highest BCUT2D eigenvalue weighted by Gasteiger charge is 2.18. The Morgan fingerprint density at radius 2 is 2.24 bits per heavy atom. The van der Waals surface area contributed by atoms with Crippen molar-refractivity contribution >= 4 is 41.0 Å². The van der Waals surface area contributed by atoms with Gasteiger partial charge in [0.15, 0.2) is 0 Å². The Morgan fingerprint density at radius 1 is 1.41 bits per heavy atom. The van der Waals surface area contributed by atoms with Crippen LogP contribution in [0.2, 0.25) is 5.15 Å². The summed E-state index contributed by atoms with van der Waals surface area (Å²) in [6, 6.07) is 6.79. The second-order valence-electron chi connectivity index (χ2n) is 6.52. The zero-order chi connectivity index (χ0) is 20.8. The summed E-state index contributed by atoms with van der Waals surface area (Å²) < 4.78 is 6.10. The van der Waals surface area contributed by atoms with Crippen molar-refractivity contribution in [2.75, 3.05) is 7.11 Å². The van der Waals surface area contributed by atoms with E-state index in [4.69, 9.17) is 16.3 Å². The number of carbonyl (C=O) groups is 2. The van der Waals surface area contributed by atoms with E-state index in [9.17, 15) is 14.4 Å². The van der Waals surface area contributed by atoms with E-state index >= 15 is 0 Å². The molecule has 1 heterocycles. The number of rotatable bonds is 6. The van der Waals surface area contributed by atoms with Crippen LogP contribution in [-0.2, 0) is 16.1 Å². The first kappa shape index (κ1) is 21.0. The van der Waals surface area contributed by atoms with E-state index in [1.165, 1.54) is 17.9 Å². The molecule has 0 radical (unpaired) electrons. The van der Waals surface area contributed by atoms with Crippen LogP contribution in [-0.4, -0.2) is 29.8 Å². The van der Waals surface area contributed by atoms with Crippen molar-refractivity contribution in [1.29, 1.82) is 0 Å². The van der Waals surface area contributed by atoms with E-state index in [1.807, 2.05) is 6.08 Å². The molecule has 3 rings (SSSR count). The monoisotopic (exact) mass is 433 g/mol. The van der Waals surface area contributed by atoms with Crippen LogP contribution in [0.25, 0.3) is 0 Å². The van der Waals surface area contributed by atoms with Gasteiger partial charge in [-0.05, 0) is 37.0 Å². The van der Waals surface area contributed by atoms with Crippen molar-refractivity contribution in [3.05, 3.63) is 67.2 Å². The molecule has 1 aromatic heterocycles. The first-order valence-corrected chi connectivity index (χ1v) is 10.2. The van der Waals surface area contributed by atoms with Gasteiger partial charge >= 0.3 is 10.8 Å². The lowest BCUT2D eigenvalue weighted by molar-refractivity contribution is -0.125. The lowest BCUT2D eigenvalue weighted by Crippen LogP contribution is -2.27. The number of hydrazone groups is 1. The Morgan fingerprint density at radius 3 is 2.97 bits per heavy atom. The van der Waals surface area contributed by atoms with Crippen LogP contribution in [0, 0.1) is 5.92 Å². The maximum Gasteiger partial charge on any atom is 0.337 e. The fourth-order valence-electron chi connectivity index (χ4n) is 2.99. The highest BCUT2D eigenvalue weighted by Crippen LogP contribution is 2.20. The average molecular weight is 434 g/mol. The molecule has 1 aromatic carbocycles. The minimum atomic E-state index is -0.451. The molecule has 29 heavy (non-hydrogen) atoms. The maximum absolute atomic E-state index is 12.3. The van der Waals surface area contributed by atoms with Gasteiger partial charge in [-0.1, -0.05) is 47.2 Å². The molecular formula is C20H20ClN3O4S. The quantitative estimate of drug-likeness (QED) is 0.328. The van der Waals surface area contributed by atoms with Gasteiger partial charge in [0.05, 0.1) is 30.3 Å². The molecule has 0 unspecified atom stereocenters. The van der Waals surface area contributed by atoms with Gasteiger partial charge in [-0.2, -0.15) is 5.10 Å². The molecule has 0 saturated heterocycles. The van der Waals surface area contributed by atoms with Gasteiger partial charge in [0.1, 0.15) is 5.15 Å². The molecule has 0 saturated carbocycles. The number of benzene rings is 1. The van der Waals surface area contributed by atoms with Gasteiger partial charge in [-0.25, -0.2) is 10.2 Å². The number of amides is 1. The van der Waals surface area contributed by atoms with Crippen LogP contribution in [0.3, 0.4) is 0 Å². The molecule has 1 aliphatic rings. The first-order valence-electron chi connectivity index (χ1n) is 9.04. The average Bonchev–Trinajstić information content (AvgIpc) is 3.01. The molecule has 0 spiro atoms. The third-order valence-electron chi connectivity index (χ3n) is 4.54. The highest BCUT2D eigenvalue weighted by molar-refractivity contribution is 7.11. The molecule has 152 valence electrons. The number of hydrogen-bond acceptors (Lipinski definition) is 6. The topological polar surface area (TPSA) is 89.8 Å². The molecule has 1 atom stereocenters. The van der Waals surface area contributed by atoms with Gasteiger partial charge in [0, 0.05) is 5.92 Å². The SMILES string of the molecule is COC(=O)c1cccc(Cn2c(Cl)c(/C=N\NC(=O)[C@H]3CC=CCC3)sc2=O)c1. The molecule has 0 bridgehead atoms. The number of allylic oxidation sites excluding steroid dienone is 2. The number of ether oxygens (including phenoxy) is 1. The highest BCUT2D eigenvalue weighted by atomic mass is 35.5. The van der Waals surface area contributed by atoms with E-state index < -0.39 is 5.97 Å². The molecule has 2 aromatic rings. The fourth-order valence-corrected chi connectivity index (χ4v) is 4.10. The van der Waals surface area contributed by atoms with Crippen molar-refractivity contribution in [2.24, 2.45) is 11.0 Å². The normalized spacial score (nSPS) is 16.1. The third-order valence-corrected chi connectivity index (χ3v) is 5.98. The van der Waals surface area contributed by atoms with Gasteiger partial charge in [0.25, 0.3) is 0 Å². The lowest BCUT2D eigenvalue weighted by Gasteiger charge is -2.14. The summed E-state index contributed by atoms with van der Waals surface area (Å²) in [6.45, 7) is 0.202. The number of aromatic nitrogens is 1. The second kappa shape index (κ2) is 9.67. The second-order valence-corrected chi connectivity index (χ2v) is 7.87. The molecule has 1 aliphatic carbocycles. The maximum atomic E-state index is 12.3. The Balaban J connectivity index is 1.70. The Hall–Kier alpha value is -2.71. The Labute approximate surface area is 176 Å². The summed E-state index contributed by atoms with van der Waals surface area (Å²) in [7, 11) is 1.31. The van der Waals surface area contributed by atoms with E-state index in [0.29, 0.717) is 16.9 Å². The molecule has 0 fully saturated rings. The summed E-state index contributed by atoms with van der Waals surface area (Å²) in [4.78, 5) is 36.3. The number of carbonyl (C=O) groups excluding carboxylic acids is 2. The van der Waals surface area contributed by atoms with E-state index in [-0.39, 0.29) is 28.4 Å². The molecule has 0 aliphatic heterocycles. The number of nitrogens with zero attached hydrogens (tertiary/aromatic N) is 2. The smallest absolute Gasteiger partial charge is 0.337 e.